The van der Waals surface area contributed by atoms with Crippen LogP contribution in [-0.4, -0.2) is 13.1 Å². The Labute approximate surface area is 113 Å². The summed E-state index contributed by atoms with van der Waals surface area (Å²) in [5.41, 5.74) is 3.87. The summed E-state index contributed by atoms with van der Waals surface area (Å²) in [6.45, 7) is 1.81. The number of rotatable bonds is 1. The van der Waals surface area contributed by atoms with Crippen LogP contribution in [0.4, 0.5) is 17.1 Å². The molecule has 1 heterocycles. The van der Waals surface area contributed by atoms with Crippen molar-refractivity contribution in [3.8, 4) is 0 Å². The van der Waals surface area contributed by atoms with E-state index in [0.717, 1.165) is 22.6 Å². The highest BCUT2D eigenvalue weighted by Crippen LogP contribution is 2.43. The first kappa shape index (κ1) is 8.20. The van der Waals surface area contributed by atoms with Gasteiger partial charge in [0.2, 0.25) is 0 Å². The Balaban J connectivity index is 2.18. The van der Waals surface area contributed by atoms with Crippen molar-refractivity contribution in [3.63, 3.8) is 0 Å². The van der Waals surface area contributed by atoms with Crippen molar-refractivity contribution < 1.29 is 4.11 Å². The van der Waals surface area contributed by atoms with Gasteiger partial charge in [-0.2, -0.15) is 0 Å². The van der Waals surface area contributed by atoms with E-state index in [4.69, 9.17) is 4.11 Å². The Hall–Kier alpha value is -1.96. The van der Waals surface area contributed by atoms with E-state index in [0.29, 0.717) is 0 Å². The molecule has 1 aliphatic heterocycles. The maximum atomic E-state index is 7.83. The predicted octanol–water partition coefficient (Wildman–Crippen LogP) is 3.93. The van der Waals surface area contributed by atoms with Gasteiger partial charge in [-0.05, 0) is 37.6 Å². The summed E-state index contributed by atoms with van der Waals surface area (Å²) in [5.74, 6) is 0. The molecule has 0 radical (unpaired) electrons. The molecule has 3 rings (SSSR count). The van der Waals surface area contributed by atoms with Crippen LogP contribution < -0.4 is 9.80 Å². The fraction of sp³-hybridized carbons (Fsp3) is 0.250. The molecule has 0 spiro atoms. The van der Waals surface area contributed by atoms with Crippen LogP contribution >= 0.6 is 0 Å². The molecule has 1 atom stereocenters. The average Bonchev–Trinajstić information content (AvgIpc) is 2.71. The quantitative estimate of drug-likeness (QED) is 0.746. The van der Waals surface area contributed by atoms with Crippen LogP contribution in [0.3, 0.4) is 0 Å². The molecule has 0 bridgehead atoms. The van der Waals surface area contributed by atoms with Crippen molar-refractivity contribution in [2.75, 3.05) is 16.8 Å². The highest BCUT2D eigenvalue weighted by atomic mass is 15.4. The van der Waals surface area contributed by atoms with Crippen molar-refractivity contribution in [3.05, 3.63) is 54.1 Å². The van der Waals surface area contributed by atoms with Gasteiger partial charge in [0.25, 0.3) is 0 Å². The maximum Gasteiger partial charge on any atom is 0.103 e. The van der Waals surface area contributed by atoms with E-state index in [1.807, 2.05) is 62.4 Å². The molecular weight excluding hydrogens is 220 g/mol. The second-order valence-corrected chi connectivity index (χ2v) is 4.65. The lowest BCUT2D eigenvalue weighted by Gasteiger charge is -2.28. The third-order valence-corrected chi connectivity index (χ3v) is 3.52. The van der Waals surface area contributed by atoms with E-state index in [1.165, 1.54) is 4.90 Å². The Morgan fingerprint density at radius 1 is 0.944 bits per heavy atom. The topological polar surface area (TPSA) is 6.48 Å². The Kier molecular flexibility index (Phi) is 1.85. The summed E-state index contributed by atoms with van der Waals surface area (Å²) in [5, 5.41) is 0. The van der Waals surface area contributed by atoms with Gasteiger partial charge in [-0.25, -0.2) is 0 Å². The molecule has 0 aromatic heterocycles. The van der Waals surface area contributed by atoms with Crippen molar-refractivity contribution in [1.29, 1.82) is 0 Å². The van der Waals surface area contributed by atoms with E-state index in [2.05, 4.69) is 4.90 Å². The molecule has 0 N–H and O–H groups in total. The standard InChI is InChI=1S/C16H18N2/c1-12-8-4-5-9-14(12)18-13(2)17(3)15-10-6-7-11-16(15)18/h4-11,13H,1-3H3/i3D3. The normalized spacial score (nSPS) is 21.2. The van der Waals surface area contributed by atoms with Crippen LogP contribution in [-0.2, 0) is 0 Å². The van der Waals surface area contributed by atoms with Crippen LogP contribution in [0.1, 0.15) is 16.6 Å². The largest absolute Gasteiger partial charge is 0.353 e. The van der Waals surface area contributed by atoms with E-state index in [-0.39, 0.29) is 6.17 Å². The minimum absolute atomic E-state index is 0.254. The van der Waals surface area contributed by atoms with Crippen molar-refractivity contribution in [1.82, 2.24) is 0 Å². The molecule has 0 saturated heterocycles. The Morgan fingerprint density at radius 2 is 1.56 bits per heavy atom. The molecule has 0 aliphatic carbocycles. The first-order valence-corrected chi connectivity index (χ1v) is 6.14. The summed E-state index contributed by atoms with van der Waals surface area (Å²) in [7, 11) is 0. The lowest BCUT2D eigenvalue weighted by molar-refractivity contribution is 0.732. The zero-order valence-electron chi connectivity index (χ0n) is 13.6. The van der Waals surface area contributed by atoms with E-state index < -0.39 is 6.98 Å². The number of anilines is 3. The van der Waals surface area contributed by atoms with E-state index in [1.54, 1.807) is 0 Å². The van der Waals surface area contributed by atoms with Gasteiger partial charge >= 0.3 is 0 Å². The predicted molar refractivity (Wildman–Crippen MR) is 77.6 cm³/mol. The SMILES string of the molecule is [2H]C([2H])([2H])N1c2ccccc2N(c2ccccc2C)C1C. The van der Waals surface area contributed by atoms with Crippen molar-refractivity contribution >= 4 is 17.1 Å². The number of aryl methyl sites for hydroxylation is 1. The fourth-order valence-corrected chi connectivity index (χ4v) is 2.55. The Morgan fingerprint density at radius 3 is 2.22 bits per heavy atom. The van der Waals surface area contributed by atoms with Gasteiger partial charge in [0, 0.05) is 16.8 Å². The van der Waals surface area contributed by atoms with Gasteiger partial charge in [-0.1, -0.05) is 30.3 Å². The zero-order valence-corrected chi connectivity index (χ0v) is 10.6. The van der Waals surface area contributed by atoms with Crippen LogP contribution in [0.2, 0.25) is 0 Å². The number of fused-ring (bicyclic) bond motifs is 1. The van der Waals surface area contributed by atoms with Gasteiger partial charge in [-0.3, -0.25) is 0 Å². The van der Waals surface area contributed by atoms with Crippen molar-refractivity contribution in [2.45, 2.75) is 20.0 Å². The van der Waals surface area contributed by atoms with Crippen LogP contribution in [0, 0.1) is 6.92 Å². The molecule has 2 aromatic rings. The van der Waals surface area contributed by atoms with Crippen molar-refractivity contribution in [2.24, 2.45) is 0 Å². The minimum atomic E-state index is -2.16. The summed E-state index contributed by atoms with van der Waals surface area (Å²) >= 11 is 0. The molecule has 0 fully saturated rings. The lowest BCUT2D eigenvalue weighted by Crippen LogP contribution is -2.35. The maximum absolute atomic E-state index is 7.83. The molecule has 92 valence electrons. The molecule has 0 saturated carbocycles. The number of nitrogens with zero attached hydrogens (tertiary/aromatic N) is 2. The van der Waals surface area contributed by atoms with Crippen LogP contribution in [0.15, 0.2) is 48.5 Å². The second-order valence-electron chi connectivity index (χ2n) is 4.65. The Bertz CT molecular complexity index is 667. The van der Waals surface area contributed by atoms with Gasteiger partial charge in [0.15, 0.2) is 0 Å². The van der Waals surface area contributed by atoms with E-state index in [9.17, 15) is 0 Å². The number of hydrogen-bond acceptors (Lipinski definition) is 2. The zero-order chi connectivity index (χ0) is 15.2. The first-order chi connectivity index (χ1) is 9.91. The van der Waals surface area contributed by atoms with Gasteiger partial charge in [0.1, 0.15) is 6.17 Å². The smallest absolute Gasteiger partial charge is 0.103 e. The monoisotopic (exact) mass is 241 g/mol. The van der Waals surface area contributed by atoms with Gasteiger partial charge in [0.05, 0.1) is 11.4 Å². The highest BCUT2D eigenvalue weighted by Gasteiger charge is 2.31. The number of hydrogen-bond donors (Lipinski definition) is 0. The second kappa shape index (κ2) is 4.05. The number of para-hydroxylation sites is 3. The summed E-state index contributed by atoms with van der Waals surface area (Å²) < 4.78 is 23.5. The third-order valence-electron chi connectivity index (χ3n) is 3.52. The molecule has 2 heteroatoms. The van der Waals surface area contributed by atoms with Crippen LogP contribution in [0.5, 0.6) is 0 Å². The molecule has 1 unspecified atom stereocenters. The van der Waals surface area contributed by atoms with Crippen LogP contribution in [0.25, 0.3) is 0 Å². The lowest BCUT2D eigenvalue weighted by atomic mass is 10.1. The van der Waals surface area contributed by atoms with Gasteiger partial charge < -0.3 is 9.80 Å². The summed E-state index contributed by atoms with van der Waals surface area (Å²) in [6.07, 6.45) is -0.254. The fourth-order valence-electron chi connectivity index (χ4n) is 2.55. The third kappa shape index (κ3) is 1.49. The minimum Gasteiger partial charge on any atom is -0.353 e. The average molecular weight is 241 g/mol. The van der Waals surface area contributed by atoms with Gasteiger partial charge in [-0.15, -0.1) is 0 Å². The molecular formula is C16H18N2. The summed E-state index contributed by atoms with van der Waals surface area (Å²) in [6, 6.07) is 15.7. The molecule has 1 aliphatic rings. The first-order valence-electron chi connectivity index (χ1n) is 7.64. The molecule has 18 heavy (non-hydrogen) atoms. The summed E-state index contributed by atoms with van der Waals surface area (Å²) in [4.78, 5) is 3.60. The molecule has 0 amide bonds. The molecule has 2 aromatic carbocycles. The highest BCUT2D eigenvalue weighted by molar-refractivity contribution is 5.84. The van der Waals surface area contributed by atoms with E-state index >= 15 is 0 Å². The molecule has 2 nitrogen and oxygen atoms in total. The number of benzene rings is 2.